The van der Waals surface area contributed by atoms with Gasteiger partial charge in [0.2, 0.25) is 0 Å². The summed E-state index contributed by atoms with van der Waals surface area (Å²) in [7, 11) is 9.16. The summed E-state index contributed by atoms with van der Waals surface area (Å²) in [5.41, 5.74) is 3.45. The molecule has 0 aliphatic heterocycles. The standard InChI is InChI=1S/C21H33N5O2.HI/c1-15(2)20-17(14-26(5)24-20)13-25(4)21(22-3)23-11-10-16-12-18(27-6)8-9-19(16)28-7;/h8-9,12,14-15H,10-11,13H2,1-7H3,(H,22,23);1H. The van der Waals surface area contributed by atoms with Gasteiger partial charge in [0.25, 0.3) is 0 Å². The number of aryl methyl sites for hydroxylation is 1. The van der Waals surface area contributed by atoms with Crippen LogP contribution >= 0.6 is 24.0 Å². The van der Waals surface area contributed by atoms with E-state index in [1.54, 1.807) is 21.3 Å². The van der Waals surface area contributed by atoms with Crippen molar-refractivity contribution in [3.63, 3.8) is 0 Å². The summed E-state index contributed by atoms with van der Waals surface area (Å²) in [6.45, 7) is 5.83. The second kappa shape index (κ2) is 11.9. The summed E-state index contributed by atoms with van der Waals surface area (Å²) >= 11 is 0. The number of rotatable bonds is 8. The van der Waals surface area contributed by atoms with E-state index in [-0.39, 0.29) is 24.0 Å². The number of ether oxygens (including phenoxy) is 2. The quantitative estimate of drug-likeness (QED) is 0.332. The highest BCUT2D eigenvalue weighted by Gasteiger charge is 2.15. The van der Waals surface area contributed by atoms with Crippen LogP contribution in [-0.4, -0.2) is 55.5 Å². The molecule has 7 nitrogen and oxygen atoms in total. The number of hydrogen-bond donors (Lipinski definition) is 1. The number of aliphatic imine (C=N–C) groups is 1. The molecular formula is C21H34IN5O2. The first-order valence-corrected chi connectivity index (χ1v) is 9.54. The molecule has 1 N–H and O–H groups in total. The zero-order valence-corrected chi connectivity index (χ0v) is 20.9. The van der Waals surface area contributed by atoms with Crippen molar-refractivity contribution in [2.24, 2.45) is 12.0 Å². The van der Waals surface area contributed by atoms with Crippen molar-refractivity contribution >= 4 is 29.9 Å². The highest BCUT2D eigenvalue weighted by molar-refractivity contribution is 14.0. The van der Waals surface area contributed by atoms with Crippen molar-refractivity contribution < 1.29 is 9.47 Å². The molecule has 8 heteroatoms. The summed E-state index contributed by atoms with van der Waals surface area (Å²) < 4.78 is 12.7. The fourth-order valence-electron chi connectivity index (χ4n) is 3.26. The van der Waals surface area contributed by atoms with Crippen LogP contribution in [0.25, 0.3) is 0 Å². The molecule has 1 aromatic carbocycles. The Labute approximate surface area is 191 Å². The Morgan fingerprint density at radius 2 is 1.97 bits per heavy atom. The minimum Gasteiger partial charge on any atom is -0.497 e. The van der Waals surface area contributed by atoms with E-state index in [9.17, 15) is 0 Å². The molecule has 29 heavy (non-hydrogen) atoms. The van der Waals surface area contributed by atoms with Crippen molar-refractivity contribution in [2.75, 3.05) is 34.9 Å². The summed E-state index contributed by atoms with van der Waals surface area (Å²) in [5.74, 6) is 2.93. The molecule has 0 aliphatic rings. The van der Waals surface area contributed by atoms with E-state index in [0.29, 0.717) is 5.92 Å². The van der Waals surface area contributed by atoms with Crippen LogP contribution in [0.5, 0.6) is 11.5 Å². The molecule has 2 rings (SSSR count). The zero-order chi connectivity index (χ0) is 20.7. The molecule has 2 aromatic rings. The minimum absolute atomic E-state index is 0. The van der Waals surface area contributed by atoms with Crippen molar-refractivity contribution in [3.8, 4) is 11.5 Å². The first kappa shape index (κ1) is 25.1. The van der Waals surface area contributed by atoms with Crippen LogP contribution in [0.2, 0.25) is 0 Å². The van der Waals surface area contributed by atoms with Crippen LogP contribution in [0.3, 0.4) is 0 Å². The van der Waals surface area contributed by atoms with Crippen molar-refractivity contribution in [1.29, 1.82) is 0 Å². The van der Waals surface area contributed by atoms with Gasteiger partial charge in [-0.3, -0.25) is 9.67 Å². The third-order valence-corrected chi connectivity index (χ3v) is 4.63. The maximum absolute atomic E-state index is 5.46. The molecule has 0 saturated heterocycles. The molecule has 0 amide bonds. The van der Waals surface area contributed by atoms with E-state index in [0.717, 1.165) is 48.2 Å². The Hall–Kier alpha value is -1.97. The van der Waals surface area contributed by atoms with Crippen LogP contribution in [0.1, 0.15) is 36.6 Å². The number of guanidine groups is 1. The average Bonchev–Trinajstić information content (AvgIpc) is 3.05. The first-order chi connectivity index (χ1) is 13.4. The second-order valence-corrected chi connectivity index (χ2v) is 7.13. The monoisotopic (exact) mass is 515 g/mol. The zero-order valence-electron chi connectivity index (χ0n) is 18.5. The molecule has 1 heterocycles. The van der Waals surface area contributed by atoms with Gasteiger partial charge in [-0.25, -0.2) is 0 Å². The molecule has 162 valence electrons. The maximum Gasteiger partial charge on any atom is 0.193 e. The normalized spacial score (nSPS) is 11.2. The number of nitrogens with one attached hydrogen (secondary N) is 1. The van der Waals surface area contributed by atoms with Gasteiger partial charge in [-0.1, -0.05) is 13.8 Å². The van der Waals surface area contributed by atoms with Gasteiger partial charge in [0.15, 0.2) is 5.96 Å². The topological polar surface area (TPSA) is 63.9 Å². The molecule has 0 unspecified atom stereocenters. The fraction of sp³-hybridized carbons (Fsp3) is 0.524. The van der Waals surface area contributed by atoms with Gasteiger partial charge in [-0.05, 0) is 36.1 Å². The lowest BCUT2D eigenvalue weighted by Gasteiger charge is -2.22. The third kappa shape index (κ3) is 6.80. The lowest BCUT2D eigenvalue weighted by Crippen LogP contribution is -2.39. The molecule has 0 atom stereocenters. The van der Waals surface area contributed by atoms with E-state index in [4.69, 9.17) is 9.47 Å². The Balaban J connectivity index is 0.00000420. The Morgan fingerprint density at radius 3 is 2.55 bits per heavy atom. The molecule has 0 fully saturated rings. The highest BCUT2D eigenvalue weighted by Crippen LogP contribution is 2.24. The van der Waals surface area contributed by atoms with Gasteiger partial charge >= 0.3 is 0 Å². The van der Waals surface area contributed by atoms with Crippen molar-refractivity contribution in [3.05, 3.63) is 41.2 Å². The van der Waals surface area contributed by atoms with Crippen LogP contribution in [0.15, 0.2) is 29.4 Å². The van der Waals surface area contributed by atoms with Crippen LogP contribution in [-0.2, 0) is 20.0 Å². The lowest BCUT2D eigenvalue weighted by molar-refractivity contribution is 0.398. The number of methoxy groups -OCH3 is 2. The summed E-state index contributed by atoms with van der Waals surface area (Å²) in [5, 5.41) is 8.02. The molecular weight excluding hydrogens is 481 g/mol. The smallest absolute Gasteiger partial charge is 0.193 e. The number of aromatic nitrogens is 2. The van der Waals surface area contributed by atoms with Crippen LogP contribution < -0.4 is 14.8 Å². The third-order valence-electron chi connectivity index (χ3n) is 4.63. The SMILES string of the molecule is CN=C(NCCc1cc(OC)ccc1OC)N(C)Cc1cn(C)nc1C(C)C.I. The lowest BCUT2D eigenvalue weighted by atomic mass is 10.1. The van der Waals surface area contributed by atoms with E-state index < -0.39 is 0 Å². The van der Waals surface area contributed by atoms with Crippen LogP contribution in [0.4, 0.5) is 0 Å². The number of hydrogen-bond acceptors (Lipinski definition) is 4. The van der Waals surface area contributed by atoms with E-state index in [2.05, 4.69) is 40.4 Å². The molecule has 0 saturated carbocycles. The number of nitrogens with zero attached hydrogens (tertiary/aromatic N) is 4. The van der Waals surface area contributed by atoms with Gasteiger partial charge in [0.1, 0.15) is 11.5 Å². The predicted octanol–water partition coefficient (Wildman–Crippen LogP) is 3.43. The summed E-state index contributed by atoms with van der Waals surface area (Å²) in [6.07, 6.45) is 2.89. The molecule has 1 aromatic heterocycles. The van der Waals surface area contributed by atoms with Crippen molar-refractivity contribution in [1.82, 2.24) is 20.0 Å². The number of benzene rings is 1. The maximum atomic E-state index is 5.46. The Kier molecular flexibility index (Phi) is 10.3. The van der Waals surface area contributed by atoms with E-state index in [1.807, 2.05) is 37.0 Å². The molecule has 0 spiro atoms. The van der Waals surface area contributed by atoms with E-state index >= 15 is 0 Å². The van der Waals surface area contributed by atoms with Gasteiger partial charge in [-0.15, -0.1) is 24.0 Å². The molecule has 0 aliphatic carbocycles. The van der Waals surface area contributed by atoms with Gasteiger partial charge in [-0.2, -0.15) is 5.10 Å². The van der Waals surface area contributed by atoms with E-state index in [1.165, 1.54) is 5.56 Å². The Morgan fingerprint density at radius 1 is 1.24 bits per heavy atom. The predicted molar refractivity (Wildman–Crippen MR) is 129 cm³/mol. The minimum atomic E-state index is 0. The summed E-state index contributed by atoms with van der Waals surface area (Å²) in [6, 6.07) is 5.85. The largest absolute Gasteiger partial charge is 0.497 e. The fourth-order valence-corrected chi connectivity index (χ4v) is 3.26. The first-order valence-electron chi connectivity index (χ1n) is 9.54. The van der Waals surface area contributed by atoms with Gasteiger partial charge < -0.3 is 19.7 Å². The van der Waals surface area contributed by atoms with Gasteiger partial charge in [0.05, 0.1) is 19.9 Å². The molecule has 0 radical (unpaired) electrons. The highest BCUT2D eigenvalue weighted by atomic mass is 127. The van der Waals surface area contributed by atoms with Gasteiger partial charge in [0, 0.05) is 46.0 Å². The van der Waals surface area contributed by atoms with Crippen LogP contribution in [0, 0.1) is 0 Å². The molecule has 0 bridgehead atoms. The number of halogens is 1. The summed E-state index contributed by atoms with van der Waals surface area (Å²) in [4.78, 5) is 6.54. The second-order valence-electron chi connectivity index (χ2n) is 7.13. The van der Waals surface area contributed by atoms with Crippen molar-refractivity contribution in [2.45, 2.75) is 32.7 Å². The average molecular weight is 515 g/mol. The Bertz CT molecular complexity index is 804.